The van der Waals surface area contributed by atoms with Gasteiger partial charge < -0.3 is 9.40 Å². The largest absolute Gasteiger partial charge is 0.461 e. The standard InChI is InChI=1S/C15H11NO3/c1-9(18)15-11(6-7-19-15)14-12(8-17)10-4-2-3-5-13(10)16-14/h2-8,16H,1H3. The third kappa shape index (κ3) is 1.69. The first-order valence-electron chi connectivity index (χ1n) is 5.87. The van der Waals surface area contributed by atoms with Crippen LogP contribution in [-0.2, 0) is 0 Å². The molecule has 1 N–H and O–H groups in total. The number of H-pyrrole nitrogens is 1. The number of furan rings is 1. The lowest BCUT2D eigenvalue weighted by molar-refractivity contribution is 0.0987. The van der Waals surface area contributed by atoms with Crippen LogP contribution in [0.1, 0.15) is 27.8 Å². The zero-order valence-corrected chi connectivity index (χ0v) is 10.3. The number of ketones is 1. The highest BCUT2D eigenvalue weighted by atomic mass is 16.3. The number of fused-ring (bicyclic) bond motifs is 1. The minimum absolute atomic E-state index is 0.171. The molecule has 0 aliphatic carbocycles. The molecule has 0 aliphatic heterocycles. The van der Waals surface area contributed by atoms with Crippen LogP contribution in [0.3, 0.4) is 0 Å². The zero-order chi connectivity index (χ0) is 13.4. The molecule has 2 heterocycles. The fraction of sp³-hybridized carbons (Fsp3) is 0.0667. The molecular formula is C15H11NO3. The van der Waals surface area contributed by atoms with Crippen LogP contribution in [0.5, 0.6) is 0 Å². The Hall–Kier alpha value is -2.62. The first-order valence-corrected chi connectivity index (χ1v) is 5.87. The van der Waals surface area contributed by atoms with Gasteiger partial charge in [0.2, 0.25) is 0 Å². The first-order chi connectivity index (χ1) is 9.22. The summed E-state index contributed by atoms with van der Waals surface area (Å²) in [5.41, 5.74) is 2.63. The number of aldehydes is 1. The lowest BCUT2D eigenvalue weighted by Crippen LogP contribution is -1.93. The minimum Gasteiger partial charge on any atom is -0.461 e. The average Bonchev–Trinajstić information content (AvgIpc) is 3.02. The van der Waals surface area contributed by atoms with Crippen LogP contribution in [0.25, 0.3) is 22.2 Å². The Morgan fingerprint density at radius 2 is 2.05 bits per heavy atom. The van der Waals surface area contributed by atoms with Gasteiger partial charge in [-0.1, -0.05) is 18.2 Å². The van der Waals surface area contributed by atoms with E-state index in [0.717, 1.165) is 17.2 Å². The molecule has 0 fully saturated rings. The summed E-state index contributed by atoms with van der Waals surface area (Å²) in [6, 6.07) is 9.20. The van der Waals surface area contributed by atoms with Crippen LogP contribution >= 0.6 is 0 Å². The maximum Gasteiger partial charge on any atom is 0.195 e. The predicted molar refractivity (Wildman–Crippen MR) is 71.4 cm³/mol. The molecule has 4 heteroatoms. The Balaban J connectivity index is 2.33. The van der Waals surface area contributed by atoms with Gasteiger partial charge in [-0.05, 0) is 12.1 Å². The molecule has 0 radical (unpaired) electrons. The van der Waals surface area contributed by atoms with Crippen molar-refractivity contribution < 1.29 is 14.0 Å². The summed E-state index contributed by atoms with van der Waals surface area (Å²) in [5.74, 6) is 0.0881. The molecule has 3 rings (SSSR count). The Kier molecular flexibility index (Phi) is 2.56. The third-order valence-corrected chi connectivity index (χ3v) is 3.12. The lowest BCUT2D eigenvalue weighted by atomic mass is 10.1. The van der Waals surface area contributed by atoms with E-state index < -0.39 is 0 Å². The number of carbonyl (C=O) groups excluding carboxylic acids is 2. The van der Waals surface area contributed by atoms with Gasteiger partial charge in [-0.25, -0.2) is 0 Å². The highest BCUT2D eigenvalue weighted by molar-refractivity contribution is 6.07. The molecule has 0 amide bonds. The topological polar surface area (TPSA) is 63.1 Å². The van der Waals surface area contributed by atoms with Gasteiger partial charge in [0.15, 0.2) is 17.8 Å². The van der Waals surface area contributed by atoms with Crippen molar-refractivity contribution in [2.75, 3.05) is 0 Å². The lowest BCUT2D eigenvalue weighted by Gasteiger charge is -1.98. The van der Waals surface area contributed by atoms with E-state index in [1.807, 2.05) is 24.3 Å². The third-order valence-electron chi connectivity index (χ3n) is 3.12. The second-order valence-corrected chi connectivity index (χ2v) is 4.30. The molecule has 94 valence electrons. The number of para-hydroxylation sites is 1. The van der Waals surface area contributed by atoms with Gasteiger partial charge in [-0.2, -0.15) is 0 Å². The Labute approximate surface area is 109 Å². The molecule has 0 atom stereocenters. The molecule has 0 unspecified atom stereocenters. The number of benzene rings is 1. The van der Waals surface area contributed by atoms with Crippen molar-refractivity contribution in [3.05, 3.63) is 47.9 Å². The number of nitrogens with one attached hydrogen (secondary N) is 1. The van der Waals surface area contributed by atoms with Crippen LogP contribution in [0.2, 0.25) is 0 Å². The van der Waals surface area contributed by atoms with Crippen molar-refractivity contribution in [1.29, 1.82) is 0 Å². The molecule has 0 aliphatic rings. The second kappa shape index (κ2) is 4.24. The maximum atomic E-state index is 11.5. The van der Waals surface area contributed by atoms with Crippen LogP contribution in [0.15, 0.2) is 41.0 Å². The highest BCUT2D eigenvalue weighted by Crippen LogP contribution is 2.31. The van der Waals surface area contributed by atoms with E-state index in [0.29, 0.717) is 16.8 Å². The van der Waals surface area contributed by atoms with E-state index in [9.17, 15) is 9.59 Å². The van der Waals surface area contributed by atoms with Crippen molar-refractivity contribution in [2.45, 2.75) is 6.92 Å². The van der Waals surface area contributed by atoms with Gasteiger partial charge in [-0.15, -0.1) is 0 Å². The smallest absolute Gasteiger partial charge is 0.195 e. The van der Waals surface area contributed by atoms with Crippen molar-refractivity contribution >= 4 is 23.0 Å². The quantitative estimate of drug-likeness (QED) is 0.574. The summed E-state index contributed by atoms with van der Waals surface area (Å²) in [6.45, 7) is 1.44. The van der Waals surface area contributed by atoms with Crippen LogP contribution in [-0.4, -0.2) is 17.1 Å². The molecule has 1 aromatic carbocycles. The summed E-state index contributed by atoms with van der Waals surface area (Å²) < 4.78 is 5.19. The number of rotatable bonds is 3. The molecule has 0 bridgehead atoms. The minimum atomic E-state index is -0.171. The maximum absolute atomic E-state index is 11.5. The summed E-state index contributed by atoms with van der Waals surface area (Å²) >= 11 is 0. The number of hydrogen-bond donors (Lipinski definition) is 1. The summed E-state index contributed by atoms with van der Waals surface area (Å²) in [6.07, 6.45) is 2.25. The Morgan fingerprint density at radius 3 is 2.79 bits per heavy atom. The van der Waals surface area contributed by atoms with Crippen molar-refractivity contribution in [2.24, 2.45) is 0 Å². The van der Waals surface area contributed by atoms with E-state index in [2.05, 4.69) is 4.98 Å². The van der Waals surface area contributed by atoms with Gasteiger partial charge in [0.1, 0.15) is 0 Å². The van der Waals surface area contributed by atoms with E-state index in [4.69, 9.17) is 4.42 Å². The number of Topliss-reactive ketones (excluding diaryl/α,β-unsaturated/α-hetero) is 1. The molecule has 0 saturated carbocycles. The van der Waals surface area contributed by atoms with Crippen molar-refractivity contribution in [3.63, 3.8) is 0 Å². The van der Waals surface area contributed by atoms with Crippen molar-refractivity contribution in [1.82, 2.24) is 4.98 Å². The van der Waals surface area contributed by atoms with Gasteiger partial charge in [0.25, 0.3) is 0 Å². The number of aromatic amines is 1. The second-order valence-electron chi connectivity index (χ2n) is 4.30. The average molecular weight is 253 g/mol. The molecule has 0 spiro atoms. The molecule has 4 nitrogen and oxygen atoms in total. The molecular weight excluding hydrogens is 242 g/mol. The molecule has 3 aromatic rings. The summed E-state index contributed by atoms with van der Waals surface area (Å²) in [7, 11) is 0. The number of hydrogen-bond acceptors (Lipinski definition) is 3. The SMILES string of the molecule is CC(=O)c1occc1-c1[nH]c2ccccc2c1C=O. The zero-order valence-electron chi connectivity index (χ0n) is 10.3. The molecule has 0 saturated heterocycles. The van der Waals surface area contributed by atoms with E-state index >= 15 is 0 Å². The van der Waals surface area contributed by atoms with Gasteiger partial charge >= 0.3 is 0 Å². The van der Waals surface area contributed by atoms with E-state index in [1.165, 1.54) is 13.2 Å². The Bertz CT molecular complexity index is 780. The number of aromatic nitrogens is 1. The molecule has 2 aromatic heterocycles. The fourth-order valence-electron chi connectivity index (χ4n) is 2.28. The predicted octanol–water partition coefficient (Wildman–Crippen LogP) is 3.44. The normalized spacial score (nSPS) is 10.8. The van der Waals surface area contributed by atoms with E-state index in [-0.39, 0.29) is 11.5 Å². The molecule has 19 heavy (non-hydrogen) atoms. The summed E-state index contributed by atoms with van der Waals surface area (Å²) in [5, 5.41) is 0.836. The van der Waals surface area contributed by atoms with Gasteiger partial charge in [0, 0.05) is 29.0 Å². The van der Waals surface area contributed by atoms with Gasteiger partial charge in [0.05, 0.1) is 12.0 Å². The van der Waals surface area contributed by atoms with Crippen molar-refractivity contribution in [3.8, 4) is 11.3 Å². The van der Waals surface area contributed by atoms with Crippen LogP contribution in [0.4, 0.5) is 0 Å². The fourth-order valence-corrected chi connectivity index (χ4v) is 2.28. The first kappa shape index (κ1) is 11.5. The summed E-state index contributed by atoms with van der Waals surface area (Å²) in [4.78, 5) is 26.0. The number of carbonyl (C=O) groups is 2. The Morgan fingerprint density at radius 1 is 1.26 bits per heavy atom. The van der Waals surface area contributed by atoms with Crippen LogP contribution < -0.4 is 0 Å². The monoisotopic (exact) mass is 253 g/mol. The van der Waals surface area contributed by atoms with Crippen LogP contribution in [0, 0.1) is 0 Å². The van der Waals surface area contributed by atoms with Gasteiger partial charge in [-0.3, -0.25) is 9.59 Å². The van der Waals surface area contributed by atoms with E-state index in [1.54, 1.807) is 6.07 Å². The highest BCUT2D eigenvalue weighted by Gasteiger charge is 2.19.